The van der Waals surface area contributed by atoms with Crippen molar-refractivity contribution in [1.82, 2.24) is 19.6 Å². The summed E-state index contributed by atoms with van der Waals surface area (Å²) in [6.45, 7) is 0.853. The first kappa shape index (κ1) is 17.9. The van der Waals surface area contributed by atoms with E-state index >= 15 is 0 Å². The molecule has 2 heterocycles. The predicted molar refractivity (Wildman–Crippen MR) is 96.6 cm³/mol. The Kier molecular flexibility index (Phi) is 4.86. The average molecular weight is 363 g/mol. The lowest BCUT2D eigenvalue weighted by atomic mass is 9.79. The van der Waals surface area contributed by atoms with Gasteiger partial charge in [-0.1, -0.05) is 41.9 Å². The molecule has 1 aromatic carbocycles. The van der Waals surface area contributed by atoms with Gasteiger partial charge in [-0.3, -0.25) is 9.48 Å². The summed E-state index contributed by atoms with van der Waals surface area (Å²) in [7, 11) is 5.57. The van der Waals surface area contributed by atoms with E-state index in [2.05, 4.69) is 5.10 Å². The van der Waals surface area contributed by atoms with Gasteiger partial charge < -0.3 is 14.9 Å². The lowest BCUT2D eigenvalue weighted by molar-refractivity contribution is -0.0811. The number of aryl methyl sites for hydroxylation is 1. The number of likely N-dealkylation sites (tertiary alicyclic amines) is 1. The van der Waals surface area contributed by atoms with Crippen LogP contribution in [0.5, 0.6) is 0 Å². The van der Waals surface area contributed by atoms with Crippen molar-refractivity contribution in [2.75, 3.05) is 27.2 Å². The molecule has 0 unspecified atom stereocenters. The molecule has 2 atom stereocenters. The molecule has 0 aliphatic carbocycles. The Labute approximate surface area is 152 Å². The van der Waals surface area contributed by atoms with Crippen LogP contribution in [0.25, 0.3) is 0 Å². The van der Waals surface area contributed by atoms with Gasteiger partial charge in [-0.25, -0.2) is 0 Å². The third-order valence-corrected chi connectivity index (χ3v) is 5.15. The van der Waals surface area contributed by atoms with Gasteiger partial charge in [0.25, 0.3) is 5.91 Å². The highest BCUT2D eigenvalue weighted by atomic mass is 35.5. The molecule has 2 aromatic rings. The zero-order chi connectivity index (χ0) is 18.2. The van der Waals surface area contributed by atoms with E-state index in [1.807, 2.05) is 49.3 Å². The lowest BCUT2D eigenvalue weighted by Crippen LogP contribution is -2.60. The molecule has 134 valence electrons. The molecule has 3 rings (SSSR count). The molecule has 1 fully saturated rings. The highest BCUT2D eigenvalue weighted by molar-refractivity contribution is 6.33. The maximum absolute atomic E-state index is 12.8. The first-order valence-electron chi connectivity index (χ1n) is 8.25. The largest absolute Gasteiger partial charge is 0.383 e. The van der Waals surface area contributed by atoms with Crippen molar-refractivity contribution < 1.29 is 9.90 Å². The number of carbonyl (C=O) groups is 1. The minimum atomic E-state index is -1.00. The number of rotatable bonds is 3. The molecule has 0 radical (unpaired) electrons. The Bertz CT molecular complexity index is 762. The monoisotopic (exact) mass is 362 g/mol. The number of aromatic nitrogens is 2. The first-order valence-corrected chi connectivity index (χ1v) is 8.63. The smallest absolute Gasteiger partial charge is 0.275 e. The summed E-state index contributed by atoms with van der Waals surface area (Å²) in [4.78, 5) is 16.5. The Morgan fingerprint density at radius 3 is 2.60 bits per heavy atom. The first-order chi connectivity index (χ1) is 11.8. The van der Waals surface area contributed by atoms with Crippen molar-refractivity contribution in [2.45, 2.75) is 18.1 Å². The van der Waals surface area contributed by atoms with Crippen LogP contribution in [-0.4, -0.2) is 63.8 Å². The topological polar surface area (TPSA) is 61.6 Å². The lowest BCUT2D eigenvalue weighted by Gasteiger charge is -2.47. The number of piperidine rings is 1. The Balaban J connectivity index is 1.87. The molecule has 1 aromatic heterocycles. The second-order valence-electron chi connectivity index (χ2n) is 6.77. The van der Waals surface area contributed by atoms with Crippen LogP contribution >= 0.6 is 11.6 Å². The van der Waals surface area contributed by atoms with Gasteiger partial charge in [0.15, 0.2) is 5.69 Å². The fourth-order valence-corrected chi connectivity index (χ4v) is 3.78. The maximum atomic E-state index is 12.8. The second-order valence-corrected chi connectivity index (χ2v) is 7.18. The van der Waals surface area contributed by atoms with Crippen molar-refractivity contribution in [3.05, 3.63) is 52.8 Å². The minimum Gasteiger partial charge on any atom is -0.383 e. The normalized spacial score (nSPS) is 23.9. The number of likely N-dealkylation sites (N-methyl/N-ethyl adjacent to an activating group) is 1. The Morgan fingerprint density at radius 1 is 1.36 bits per heavy atom. The molecule has 1 aliphatic rings. The molecule has 0 spiro atoms. The molecule has 1 saturated heterocycles. The summed E-state index contributed by atoms with van der Waals surface area (Å²) >= 11 is 6.12. The van der Waals surface area contributed by atoms with Gasteiger partial charge in [0.2, 0.25) is 0 Å². The summed E-state index contributed by atoms with van der Waals surface area (Å²) in [6, 6.07) is 9.41. The fourth-order valence-electron chi connectivity index (χ4n) is 3.52. The van der Waals surface area contributed by atoms with Crippen LogP contribution in [0.1, 0.15) is 22.5 Å². The molecular weight excluding hydrogens is 340 g/mol. The number of hydrogen-bond acceptors (Lipinski definition) is 4. The molecule has 0 saturated carbocycles. The highest BCUT2D eigenvalue weighted by Crippen LogP contribution is 2.35. The summed E-state index contributed by atoms with van der Waals surface area (Å²) in [6.07, 6.45) is 2.07. The van der Waals surface area contributed by atoms with E-state index in [0.29, 0.717) is 24.5 Å². The molecule has 1 aliphatic heterocycles. The fraction of sp³-hybridized carbons (Fsp3) is 0.444. The van der Waals surface area contributed by atoms with Gasteiger partial charge >= 0.3 is 0 Å². The summed E-state index contributed by atoms with van der Waals surface area (Å²) in [5.74, 6) is -0.201. The predicted octanol–water partition coefficient (Wildman–Crippen LogP) is 1.74. The number of aliphatic hydroxyl groups is 1. The molecule has 6 nitrogen and oxygen atoms in total. The van der Waals surface area contributed by atoms with Gasteiger partial charge in [0.1, 0.15) is 5.60 Å². The van der Waals surface area contributed by atoms with Crippen LogP contribution in [0.2, 0.25) is 5.02 Å². The number of amides is 1. The zero-order valence-corrected chi connectivity index (χ0v) is 15.4. The summed E-state index contributed by atoms with van der Waals surface area (Å²) in [5, 5.41) is 15.9. The molecule has 1 N–H and O–H groups in total. The maximum Gasteiger partial charge on any atom is 0.275 e. The van der Waals surface area contributed by atoms with E-state index in [1.165, 1.54) is 4.68 Å². The molecule has 1 amide bonds. The Morgan fingerprint density at radius 2 is 2.04 bits per heavy atom. The highest BCUT2D eigenvalue weighted by Gasteiger charge is 2.45. The van der Waals surface area contributed by atoms with Crippen molar-refractivity contribution >= 4 is 17.5 Å². The number of benzene rings is 1. The minimum absolute atomic E-state index is 0.201. The molecule has 7 heteroatoms. The van der Waals surface area contributed by atoms with E-state index in [-0.39, 0.29) is 17.6 Å². The van der Waals surface area contributed by atoms with E-state index in [4.69, 9.17) is 11.6 Å². The van der Waals surface area contributed by atoms with Crippen molar-refractivity contribution in [2.24, 2.45) is 7.05 Å². The van der Waals surface area contributed by atoms with E-state index in [1.54, 1.807) is 18.1 Å². The van der Waals surface area contributed by atoms with Crippen LogP contribution < -0.4 is 0 Å². The Hall–Kier alpha value is -1.89. The third-order valence-electron chi connectivity index (χ3n) is 4.88. The van der Waals surface area contributed by atoms with Crippen LogP contribution in [0.4, 0.5) is 0 Å². The molecule has 0 bridgehead atoms. The van der Waals surface area contributed by atoms with Crippen molar-refractivity contribution in [3.8, 4) is 0 Å². The molecule has 25 heavy (non-hydrogen) atoms. The van der Waals surface area contributed by atoms with Crippen LogP contribution in [-0.2, 0) is 12.6 Å². The van der Waals surface area contributed by atoms with Crippen LogP contribution in [0, 0.1) is 0 Å². The van der Waals surface area contributed by atoms with Crippen molar-refractivity contribution in [1.29, 1.82) is 0 Å². The number of carbonyl (C=O) groups excluding carboxylic acids is 1. The SMILES string of the molecule is CN(C)[C@@H]1CN(C(=O)c2nn(C)cc2Cl)CC[C@]1(O)c1ccccc1. The van der Waals surface area contributed by atoms with Gasteiger partial charge in [0, 0.05) is 26.3 Å². The van der Waals surface area contributed by atoms with Crippen LogP contribution in [0.15, 0.2) is 36.5 Å². The second kappa shape index (κ2) is 6.78. The number of hydrogen-bond donors (Lipinski definition) is 1. The average Bonchev–Trinajstić information content (AvgIpc) is 2.93. The van der Waals surface area contributed by atoms with Crippen molar-refractivity contribution in [3.63, 3.8) is 0 Å². The van der Waals surface area contributed by atoms with Gasteiger partial charge in [0.05, 0.1) is 11.1 Å². The summed E-state index contributed by atoms with van der Waals surface area (Å²) in [5.41, 5.74) is 0.124. The standard InChI is InChI=1S/C18H23ClN4O2/c1-21(2)15-12-23(17(24)16-14(19)11-22(3)20-16)10-9-18(15,25)13-7-5-4-6-8-13/h4-8,11,15,25H,9-10,12H2,1-3H3/t15-,18+/m1/s1. The van der Waals surface area contributed by atoms with Gasteiger partial charge in [-0.05, 0) is 26.1 Å². The van der Waals surface area contributed by atoms with Gasteiger partial charge in [-0.2, -0.15) is 5.10 Å². The van der Waals surface area contributed by atoms with E-state index in [9.17, 15) is 9.90 Å². The number of nitrogens with zero attached hydrogens (tertiary/aromatic N) is 4. The van der Waals surface area contributed by atoms with Gasteiger partial charge in [-0.15, -0.1) is 0 Å². The quantitative estimate of drug-likeness (QED) is 0.903. The third kappa shape index (κ3) is 3.29. The van der Waals surface area contributed by atoms with E-state index in [0.717, 1.165) is 5.56 Å². The molecular formula is C18H23ClN4O2. The number of halogens is 1. The summed E-state index contributed by atoms with van der Waals surface area (Å²) < 4.78 is 1.53. The van der Waals surface area contributed by atoms with E-state index < -0.39 is 5.60 Å². The van der Waals surface area contributed by atoms with Crippen LogP contribution in [0.3, 0.4) is 0 Å². The zero-order valence-electron chi connectivity index (χ0n) is 14.7.